The highest BCUT2D eigenvalue weighted by molar-refractivity contribution is 7.80. The van der Waals surface area contributed by atoms with Crippen LogP contribution in [0.3, 0.4) is 0 Å². The number of hydrogen-bond acceptors (Lipinski definition) is 8. The molecule has 12 nitrogen and oxygen atoms in total. The Morgan fingerprint density at radius 1 is 0.769 bits per heavy atom. The van der Waals surface area contributed by atoms with Gasteiger partial charge in [-0.3, -0.25) is 19.2 Å². The molecule has 0 heterocycles. The maximum atomic E-state index is 13.4. The van der Waals surface area contributed by atoms with E-state index < -0.39 is 53.8 Å². The minimum atomic E-state index is -1.42. The van der Waals surface area contributed by atoms with Crippen LogP contribution in [0.15, 0.2) is 54.6 Å². The highest BCUT2D eigenvalue weighted by Gasteiger charge is 2.30. The standard InChI is InChI=1S/C26H33N5O7S/c27-18(14-39)23(34)30-20(13-16-6-8-17(32)9-7-16)25(36)31-21(12-15-4-2-1-3-5-15)24(35)29-19(26(37)38)10-11-22(28)33/h1-9,18-21,32,39H,10-14,27H2,(H2,28,33)(H,29,35)(H,30,34)(H,31,36)(H,37,38). The Morgan fingerprint density at radius 3 is 1.74 bits per heavy atom. The van der Waals surface area contributed by atoms with Crippen LogP contribution in [-0.2, 0) is 36.8 Å². The number of rotatable bonds is 15. The number of carbonyl (C=O) groups excluding carboxylic acids is 4. The smallest absolute Gasteiger partial charge is 0.326 e. The number of carbonyl (C=O) groups is 5. The highest BCUT2D eigenvalue weighted by Crippen LogP contribution is 2.12. The molecular weight excluding hydrogens is 526 g/mol. The molecule has 0 radical (unpaired) electrons. The van der Waals surface area contributed by atoms with E-state index in [0.29, 0.717) is 11.1 Å². The second-order valence-corrected chi connectivity index (χ2v) is 9.24. The van der Waals surface area contributed by atoms with Crippen LogP contribution in [-0.4, -0.2) is 69.7 Å². The van der Waals surface area contributed by atoms with Gasteiger partial charge in [0.1, 0.15) is 23.9 Å². The van der Waals surface area contributed by atoms with Crippen LogP contribution < -0.4 is 27.4 Å². The zero-order valence-electron chi connectivity index (χ0n) is 21.1. The Hall–Kier alpha value is -4.10. The van der Waals surface area contributed by atoms with E-state index in [1.165, 1.54) is 12.1 Å². The van der Waals surface area contributed by atoms with Gasteiger partial charge in [0.05, 0.1) is 6.04 Å². The SMILES string of the molecule is NC(=O)CCC(NC(=O)C(Cc1ccccc1)NC(=O)C(Cc1ccc(O)cc1)NC(=O)C(N)CS)C(=O)O. The lowest BCUT2D eigenvalue weighted by molar-refractivity contribution is -0.142. The molecular formula is C26H33N5O7S. The van der Waals surface area contributed by atoms with Crippen molar-refractivity contribution >= 4 is 42.2 Å². The summed E-state index contributed by atoms with van der Waals surface area (Å²) in [6.45, 7) is 0. The highest BCUT2D eigenvalue weighted by atomic mass is 32.1. The first-order chi connectivity index (χ1) is 18.5. The summed E-state index contributed by atoms with van der Waals surface area (Å²) in [4.78, 5) is 61.9. The minimum absolute atomic E-state index is 0.00713. The van der Waals surface area contributed by atoms with Gasteiger partial charge in [0.2, 0.25) is 23.6 Å². The van der Waals surface area contributed by atoms with Crippen molar-refractivity contribution in [2.24, 2.45) is 11.5 Å². The molecule has 9 N–H and O–H groups in total. The third-order valence-electron chi connectivity index (χ3n) is 5.75. The molecule has 13 heteroatoms. The molecule has 0 aliphatic rings. The summed E-state index contributed by atoms with van der Waals surface area (Å²) in [6, 6.07) is 9.92. The summed E-state index contributed by atoms with van der Waals surface area (Å²) >= 11 is 4.01. The number of thiol groups is 1. The summed E-state index contributed by atoms with van der Waals surface area (Å²) in [5, 5.41) is 26.6. The number of aliphatic carboxylic acids is 1. The molecule has 4 atom stereocenters. The molecule has 0 saturated heterocycles. The molecule has 0 bridgehead atoms. The molecule has 2 rings (SSSR count). The van der Waals surface area contributed by atoms with Gasteiger partial charge >= 0.3 is 5.97 Å². The summed E-state index contributed by atoms with van der Waals surface area (Å²) < 4.78 is 0. The predicted molar refractivity (Wildman–Crippen MR) is 146 cm³/mol. The molecule has 0 aromatic heterocycles. The van der Waals surface area contributed by atoms with Crippen LogP contribution in [0.1, 0.15) is 24.0 Å². The van der Waals surface area contributed by atoms with E-state index in [1.54, 1.807) is 42.5 Å². The number of carboxylic acids is 1. The van der Waals surface area contributed by atoms with Crippen molar-refractivity contribution in [2.45, 2.75) is 49.9 Å². The first-order valence-electron chi connectivity index (χ1n) is 12.1. The Labute approximate surface area is 230 Å². The Balaban J connectivity index is 2.30. The molecule has 0 spiro atoms. The lowest BCUT2D eigenvalue weighted by atomic mass is 10.0. The van der Waals surface area contributed by atoms with E-state index in [9.17, 15) is 34.2 Å². The first kappa shape index (κ1) is 31.1. The summed E-state index contributed by atoms with van der Waals surface area (Å²) in [6.07, 6.45) is -0.480. The van der Waals surface area contributed by atoms with E-state index in [2.05, 4.69) is 28.6 Å². The molecule has 0 saturated carbocycles. The van der Waals surface area contributed by atoms with Gasteiger partial charge in [-0.25, -0.2) is 4.79 Å². The summed E-state index contributed by atoms with van der Waals surface area (Å²) in [5.41, 5.74) is 12.2. The van der Waals surface area contributed by atoms with Crippen molar-refractivity contribution < 1.29 is 34.2 Å². The fourth-order valence-corrected chi connectivity index (χ4v) is 3.75. The van der Waals surface area contributed by atoms with Crippen LogP contribution in [0.25, 0.3) is 0 Å². The van der Waals surface area contributed by atoms with E-state index in [-0.39, 0.29) is 37.2 Å². The van der Waals surface area contributed by atoms with Crippen LogP contribution in [0, 0.1) is 0 Å². The lowest BCUT2D eigenvalue weighted by Gasteiger charge is -2.25. The van der Waals surface area contributed by atoms with Gasteiger partial charge in [-0.1, -0.05) is 42.5 Å². The van der Waals surface area contributed by atoms with Crippen molar-refractivity contribution in [2.75, 3.05) is 5.75 Å². The number of phenols is 1. The van der Waals surface area contributed by atoms with Crippen molar-refractivity contribution in [1.82, 2.24) is 16.0 Å². The van der Waals surface area contributed by atoms with Gasteiger partial charge in [-0.2, -0.15) is 12.6 Å². The molecule has 4 unspecified atom stereocenters. The summed E-state index contributed by atoms with van der Waals surface area (Å²) in [5.74, 6) is -4.20. The van der Waals surface area contributed by atoms with E-state index >= 15 is 0 Å². The first-order valence-corrected chi connectivity index (χ1v) is 12.7. The molecule has 210 valence electrons. The zero-order valence-corrected chi connectivity index (χ0v) is 22.0. The second-order valence-electron chi connectivity index (χ2n) is 8.88. The van der Waals surface area contributed by atoms with Crippen molar-refractivity contribution in [3.63, 3.8) is 0 Å². The number of aromatic hydroxyl groups is 1. The van der Waals surface area contributed by atoms with Gasteiger partial charge in [0.25, 0.3) is 0 Å². The largest absolute Gasteiger partial charge is 0.508 e. The third-order valence-corrected chi connectivity index (χ3v) is 6.15. The average Bonchev–Trinajstić information content (AvgIpc) is 2.90. The number of nitrogens with two attached hydrogens (primary N) is 2. The summed E-state index contributed by atoms with van der Waals surface area (Å²) in [7, 11) is 0. The number of hydrogen-bond donors (Lipinski definition) is 8. The van der Waals surface area contributed by atoms with Crippen molar-refractivity contribution in [3.05, 3.63) is 65.7 Å². The van der Waals surface area contributed by atoms with E-state index in [4.69, 9.17) is 11.5 Å². The Kier molecular flexibility index (Phi) is 12.2. The number of primary amides is 1. The Bertz CT molecular complexity index is 1150. The van der Waals surface area contributed by atoms with Crippen LogP contribution in [0.5, 0.6) is 5.75 Å². The van der Waals surface area contributed by atoms with Gasteiger partial charge in [-0.15, -0.1) is 0 Å². The van der Waals surface area contributed by atoms with Crippen molar-refractivity contribution in [3.8, 4) is 5.75 Å². The number of nitrogens with one attached hydrogen (secondary N) is 3. The van der Waals surface area contributed by atoms with Gasteiger partial charge in [0, 0.05) is 25.0 Å². The maximum Gasteiger partial charge on any atom is 0.326 e. The average molecular weight is 560 g/mol. The third kappa shape index (κ3) is 10.7. The van der Waals surface area contributed by atoms with Crippen LogP contribution >= 0.6 is 12.6 Å². The fourth-order valence-electron chi connectivity index (χ4n) is 3.59. The second kappa shape index (κ2) is 15.3. The predicted octanol–water partition coefficient (Wildman–Crippen LogP) is -0.761. The molecule has 2 aromatic carbocycles. The lowest BCUT2D eigenvalue weighted by Crippen LogP contribution is -2.58. The van der Waals surface area contributed by atoms with Gasteiger partial charge in [-0.05, 0) is 29.7 Å². The van der Waals surface area contributed by atoms with Crippen LogP contribution in [0.4, 0.5) is 0 Å². The molecule has 0 aliphatic heterocycles. The zero-order chi connectivity index (χ0) is 28.9. The molecule has 39 heavy (non-hydrogen) atoms. The normalized spacial score (nSPS) is 13.8. The number of amides is 4. The monoisotopic (exact) mass is 559 g/mol. The Morgan fingerprint density at radius 2 is 1.26 bits per heavy atom. The number of carboxylic acid groups (broad SMARTS) is 1. The topological polar surface area (TPSA) is 214 Å². The fraction of sp³-hybridized carbons (Fsp3) is 0.346. The minimum Gasteiger partial charge on any atom is -0.508 e. The van der Waals surface area contributed by atoms with Gasteiger partial charge < -0.3 is 37.6 Å². The maximum absolute atomic E-state index is 13.4. The quantitative estimate of drug-likeness (QED) is 0.130. The molecule has 2 aromatic rings. The van der Waals surface area contributed by atoms with E-state index in [0.717, 1.165) is 0 Å². The molecule has 4 amide bonds. The van der Waals surface area contributed by atoms with Crippen molar-refractivity contribution in [1.29, 1.82) is 0 Å². The molecule has 0 fully saturated rings. The molecule has 0 aliphatic carbocycles. The number of phenolic OH excluding ortho intramolecular Hbond substituents is 1. The van der Waals surface area contributed by atoms with Crippen LogP contribution in [0.2, 0.25) is 0 Å². The number of benzene rings is 2. The van der Waals surface area contributed by atoms with Gasteiger partial charge in [0.15, 0.2) is 0 Å². The van der Waals surface area contributed by atoms with E-state index in [1.807, 2.05) is 0 Å².